The fraction of sp³-hybridized carbons (Fsp3) is 0.333. The number of hydrogen-bond acceptors (Lipinski definition) is 8. The zero-order chi connectivity index (χ0) is 19.7. The average molecular weight is 389 g/mol. The van der Waals surface area contributed by atoms with Crippen LogP contribution < -0.4 is 14.8 Å². The molecule has 1 saturated carbocycles. The zero-order valence-electron chi connectivity index (χ0n) is 15.1. The number of rotatable bonds is 7. The van der Waals surface area contributed by atoms with Crippen LogP contribution >= 0.6 is 0 Å². The third-order valence-electron chi connectivity index (χ3n) is 4.56. The summed E-state index contributed by atoms with van der Waals surface area (Å²) in [5.41, 5.74) is 1.12. The summed E-state index contributed by atoms with van der Waals surface area (Å²) in [6.07, 6.45) is 1.90. The molecule has 0 spiro atoms. The van der Waals surface area contributed by atoms with Crippen LogP contribution in [0.15, 0.2) is 35.0 Å². The van der Waals surface area contributed by atoms with Gasteiger partial charge in [0.2, 0.25) is 5.95 Å². The van der Waals surface area contributed by atoms with E-state index in [2.05, 4.69) is 25.5 Å². The normalized spacial score (nSPS) is 14.8. The molecule has 1 aliphatic rings. The molecule has 1 fully saturated rings. The Morgan fingerprint density at radius 1 is 1.07 bits per heavy atom. The maximum atomic E-state index is 12.6. The number of aromatic nitrogens is 4. The van der Waals surface area contributed by atoms with E-state index >= 15 is 0 Å². The first-order chi connectivity index (χ1) is 13.5. The van der Waals surface area contributed by atoms with Crippen molar-refractivity contribution in [2.75, 3.05) is 19.5 Å². The number of nitrogens with one attached hydrogen (secondary N) is 1. The first kappa shape index (κ1) is 18.1. The van der Waals surface area contributed by atoms with Gasteiger partial charge in [-0.15, -0.1) is 10.2 Å². The van der Waals surface area contributed by atoms with E-state index in [0.717, 1.165) is 18.4 Å². The summed E-state index contributed by atoms with van der Waals surface area (Å²) in [4.78, 5) is 8.49. The van der Waals surface area contributed by atoms with Crippen molar-refractivity contribution in [3.05, 3.63) is 42.0 Å². The molecule has 4 rings (SSSR count). The maximum Gasteiger partial charge on any atom is 0.314 e. The Kier molecular flexibility index (Phi) is 4.54. The smallest absolute Gasteiger partial charge is 0.314 e. The number of halogens is 2. The van der Waals surface area contributed by atoms with Gasteiger partial charge in [-0.3, -0.25) is 0 Å². The molecular formula is C18H17F2N5O3. The van der Waals surface area contributed by atoms with Crippen molar-refractivity contribution in [2.24, 2.45) is 0 Å². The average Bonchev–Trinajstić information content (AvgIpc) is 3.32. The first-order valence-corrected chi connectivity index (χ1v) is 8.49. The van der Waals surface area contributed by atoms with Gasteiger partial charge in [0.1, 0.15) is 0 Å². The maximum absolute atomic E-state index is 12.6. The van der Waals surface area contributed by atoms with E-state index in [1.165, 1.54) is 12.4 Å². The Morgan fingerprint density at radius 3 is 2.36 bits per heavy atom. The van der Waals surface area contributed by atoms with Crippen LogP contribution in [-0.4, -0.2) is 34.4 Å². The summed E-state index contributed by atoms with van der Waals surface area (Å²) < 4.78 is 40.7. The number of benzene rings is 1. The van der Waals surface area contributed by atoms with E-state index in [9.17, 15) is 8.78 Å². The molecule has 0 atom stereocenters. The lowest BCUT2D eigenvalue weighted by Crippen LogP contribution is -2.20. The molecule has 10 heteroatoms. The molecule has 2 heterocycles. The number of ether oxygens (including phenoxy) is 2. The first-order valence-electron chi connectivity index (χ1n) is 8.49. The number of alkyl halides is 2. The predicted octanol–water partition coefficient (Wildman–Crippen LogP) is 3.58. The van der Waals surface area contributed by atoms with Crippen molar-refractivity contribution in [3.63, 3.8) is 0 Å². The van der Waals surface area contributed by atoms with Gasteiger partial charge in [-0.05, 0) is 30.5 Å². The van der Waals surface area contributed by atoms with Gasteiger partial charge >= 0.3 is 6.43 Å². The van der Waals surface area contributed by atoms with E-state index < -0.39 is 12.3 Å². The number of anilines is 1. The van der Waals surface area contributed by atoms with Crippen molar-refractivity contribution in [2.45, 2.75) is 24.8 Å². The van der Waals surface area contributed by atoms with Crippen molar-refractivity contribution in [1.29, 1.82) is 0 Å². The van der Waals surface area contributed by atoms with Gasteiger partial charge in [0.05, 0.1) is 25.3 Å². The van der Waals surface area contributed by atoms with Crippen LogP contribution in [-0.2, 0) is 5.54 Å². The Labute approximate surface area is 158 Å². The third kappa shape index (κ3) is 3.32. The summed E-state index contributed by atoms with van der Waals surface area (Å²) in [5, 5.41) is 10.2. The molecule has 1 aliphatic carbocycles. The SMILES string of the molecule is COc1ccc(C2(Nc3ncc(-c4nnc(C(F)F)o4)cn3)CC2)cc1OC. The molecule has 0 unspecified atom stereocenters. The van der Waals surface area contributed by atoms with Crippen LogP contribution in [0.1, 0.15) is 30.7 Å². The van der Waals surface area contributed by atoms with Gasteiger partial charge in [-0.2, -0.15) is 8.78 Å². The quantitative estimate of drug-likeness (QED) is 0.655. The minimum absolute atomic E-state index is 0.0529. The molecular weight excluding hydrogens is 372 g/mol. The minimum atomic E-state index is -2.82. The Hall–Kier alpha value is -3.30. The molecule has 146 valence electrons. The highest BCUT2D eigenvalue weighted by Crippen LogP contribution is 2.49. The Morgan fingerprint density at radius 2 is 1.79 bits per heavy atom. The molecule has 8 nitrogen and oxygen atoms in total. The van der Waals surface area contributed by atoms with Gasteiger partial charge in [0.25, 0.3) is 11.8 Å². The van der Waals surface area contributed by atoms with Gasteiger partial charge in [-0.25, -0.2) is 9.97 Å². The predicted molar refractivity (Wildman–Crippen MR) is 94.4 cm³/mol. The summed E-state index contributed by atoms with van der Waals surface area (Å²) in [7, 11) is 3.18. The Bertz CT molecular complexity index is 974. The van der Waals surface area contributed by atoms with E-state index in [1.807, 2.05) is 18.2 Å². The molecule has 3 aromatic rings. The van der Waals surface area contributed by atoms with Crippen molar-refractivity contribution in [1.82, 2.24) is 20.2 Å². The minimum Gasteiger partial charge on any atom is -0.493 e. The molecule has 0 amide bonds. The fourth-order valence-electron chi connectivity index (χ4n) is 2.90. The molecule has 0 saturated heterocycles. The van der Waals surface area contributed by atoms with Crippen LogP contribution in [0.4, 0.5) is 14.7 Å². The Balaban J connectivity index is 1.52. The molecule has 1 aromatic carbocycles. The number of nitrogens with zero attached hydrogens (tertiary/aromatic N) is 4. The lowest BCUT2D eigenvalue weighted by molar-refractivity contribution is 0.116. The molecule has 0 bridgehead atoms. The second-order valence-electron chi connectivity index (χ2n) is 6.32. The lowest BCUT2D eigenvalue weighted by Gasteiger charge is -2.19. The van der Waals surface area contributed by atoms with Gasteiger partial charge < -0.3 is 19.2 Å². The topological polar surface area (TPSA) is 95.2 Å². The molecule has 1 N–H and O–H groups in total. The van der Waals surface area contributed by atoms with Gasteiger partial charge in [0.15, 0.2) is 11.5 Å². The van der Waals surface area contributed by atoms with Crippen molar-refractivity contribution in [3.8, 4) is 23.0 Å². The second kappa shape index (κ2) is 7.02. The summed E-state index contributed by atoms with van der Waals surface area (Å²) in [6, 6.07) is 5.76. The van der Waals surface area contributed by atoms with Crippen LogP contribution in [0.2, 0.25) is 0 Å². The molecule has 0 radical (unpaired) electrons. The number of hydrogen-bond donors (Lipinski definition) is 1. The zero-order valence-corrected chi connectivity index (χ0v) is 15.1. The summed E-state index contributed by atoms with van der Waals surface area (Å²) in [5.74, 6) is 0.927. The van der Waals surface area contributed by atoms with Gasteiger partial charge in [0, 0.05) is 12.4 Å². The lowest BCUT2D eigenvalue weighted by atomic mass is 10.0. The van der Waals surface area contributed by atoms with Crippen molar-refractivity contribution < 1.29 is 22.7 Å². The molecule has 28 heavy (non-hydrogen) atoms. The second-order valence-corrected chi connectivity index (χ2v) is 6.32. The van der Waals surface area contributed by atoms with Crippen LogP contribution in [0.25, 0.3) is 11.5 Å². The summed E-state index contributed by atoms with van der Waals surface area (Å²) >= 11 is 0. The highest BCUT2D eigenvalue weighted by Gasteiger charge is 2.45. The van der Waals surface area contributed by atoms with Crippen molar-refractivity contribution >= 4 is 5.95 Å². The fourth-order valence-corrected chi connectivity index (χ4v) is 2.90. The van der Waals surface area contributed by atoms with Gasteiger partial charge in [-0.1, -0.05) is 6.07 Å². The van der Waals surface area contributed by atoms with E-state index in [0.29, 0.717) is 23.0 Å². The highest BCUT2D eigenvalue weighted by atomic mass is 19.3. The largest absolute Gasteiger partial charge is 0.493 e. The van der Waals surface area contributed by atoms with E-state index in [1.54, 1.807) is 14.2 Å². The monoisotopic (exact) mass is 389 g/mol. The van der Waals surface area contributed by atoms with Crippen LogP contribution in [0.5, 0.6) is 11.5 Å². The van der Waals surface area contributed by atoms with Crippen LogP contribution in [0.3, 0.4) is 0 Å². The number of methoxy groups -OCH3 is 2. The molecule has 2 aromatic heterocycles. The summed E-state index contributed by atoms with van der Waals surface area (Å²) in [6.45, 7) is 0. The standard InChI is InChI=1S/C18H17F2N5O3/c1-26-12-4-3-11(7-13(12)27-2)18(5-6-18)23-17-21-8-10(9-22-17)15-24-25-16(28-15)14(19)20/h3-4,7-9,14H,5-6H2,1-2H3,(H,21,22,23). The van der Waals surface area contributed by atoms with E-state index in [-0.39, 0.29) is 11.4 Å². The molecule has 0 aliphatic heterocycles. The third-order valence-corrected chi connectivity index (χ3v) is 4.56. The van der Waals surface area contributed by atoms with E-state index in [4.69, 9.17) is 13.9 Å². The van der Waals surface area contributed by atoms with Crippen LogP contribution in [0, 0.1) is 0 Å². The highest BCUT2D eigenvalue weighted by molar-refractivity contribution is 5.53.